The molecule has 1 aromatic rings. The van der Waals surface area contributed by atoms with Crippen LogP contribution in [0.1, 0.15) is 51.4 Å². The molecule has 4 fully saturated rings. The summed E-state index contributed by atoms with van der Waals surface area (Å²) in [4.78, 5) is 12.2. The third kappa shape index (κ3) is 3.69. The molecule has 0 aromatic heterocycles. The lowest BCUT2D eigenvalue weighted by Crippen LogP contribution is -2.54. The normalized spacial score (nSPS) is 32.6. The van der Waals surface area contributed by atoms with E-state index in [1.165, 1.54) is 38.5 Å². The number of hydrogen-bond acceptors (Lipinski definition) is 3. The number of nitrogens with one attached hydrogen (secondary N) is 3. The van der Waals surface area contributed by atoms with Crippen LogP contribution in [-0.4, -0.2) is 25.0 Å². The van der Waals surface area contributed by atoms with E-state index in [1.807, 2.05) is 19.2 Å². The van der Waals surface area contributed by atoms with Crippen LogP contribution >= 0.6 is 0 Å². The summed E-state index contributed by atoms with van der Waals surface area (Å²) in [6, 6.07) is 8.23. The monoisotopic (exact) mass is 341 g/mol. The minimum absolute atomic E-state index is 0.106. The lowest BCUT2D eigenvalue weighted by Gasteiger charge is -2.57. The average Bonchev–Trinajstić information content (AvgIpc) is 2.55. The summed E-state index contributed by atoms with van der Waals surface area (Å²) in [5.74, 6) is 2.86. The van der Waals surface area contributed by atoms with Crippen LogP contribution in [0.15, 0.2) is 24.3 Å². The number of amides is 1. The van der Waals surface area contributed by atoms with E-state index in [-0.39, 0.29) is 11.4 Å². The Labute approximate surface area is 151 Å². The molecular weight excluding hydrogens is 310 g/mol. The Kier molecular flexibility index (Phi) is 4.72. The van der Waals surface area contributed by atoms with Gasteiger partial charge >= 0.3 is 0 Å². The molecule has 4 heteroatoms. The van der Waals surface area contributed by atoms with Crippen molar-refractivity contribution in [1.82, 2.24) is 5.32 Å². The highest BCUT2D eigenvalue weighted by Crippen LogP contribution is 2.56. The molecule has 4 nitrogen and oxygen atoms in total. The lowest BCUT2D eigenvalue weighted by atomic mass is 9.53. The molecule has 5 rings (SSSR count). The Morgan fingerprint density at radius 1 is 1.04 bits per heavy atom. The van der Waals surface area contributed by atoms with E-state index in [0.29, 0.717) is 6.42 Å². The van der Waals surface area contributed by atoms with Crippen molar-refractivity contribution >= 4 is 17.3 Å². The van der Waals surface area contributed by atoms with Gasteiger partial charge in [0.2, 0.25) is 5.91 Å². The smallest absolute Gasteiger partial charge is 0.224 e. The molecule has 25 heavy (non-hydrogen) atoms. The molecule has 136 valence electrons. The summed E-state index contributed by atoms with van der Waals surface area (Å²) < 4.78 is 0. The van der Waals surface area contributed by atoms with Crippen molar-refractivity contribution in [3.05, 3.63) is 24.3 Å². The van der Waals surface area contributed by atoms with Gasteiger partial charge in [-0.3, -0.25) is 4.79 Å². The largest absolute Gasteiger partial charge is 0.378 e. The van der Waals surface area contributed by atoms with E-state index in [9.17, 15) is 4.79 Å². The highest BCUT2D eigenvalue weighted by molar-refractivity contribution is 5.94. The first-order valence-corrected chi connectivity index (χ1v) is 9.97. The van der Waals surface area contributed by atoms with E-state index in [1.54, 1.807) is 0 Å². The average molecular weight is 341 g/mol. The standard InChI is InChI=1S/C21H31N3O/c1-22-8-4-7-20(25)23-18-5-2-3-6-19(18)24-21-12-15-9-16(13-21)11-17(10-15)14-21/h2-3,5-6,15-17,22,24H,4,7-14H2,1H3,(H,23,25). The number of para-hydroxylation sites is 2. The highest BCUT2D eigenvalue weighted by Gasteiger charge is 2.51. The van der Waals surface area contributed by atoms with Crippen molar-refractivity contribution in [2.75, 3.05) is 24.2 Å². The second kappa shape index (κ2) is 6.99. The molecule has 0 radical (unpaired) electrons. The summed E-state index contributed by atoms with van der Waals surface area (Å²) in [6.07, 6.45) is 9.70. The van der Waals surface area contributed by atoms with Gasteiger partial charge in [0.15, 0.2) is 0 Å². The fourth-order valence-corrected chi connectivity index (χ4v) is 5.89. The first kappa shape index (κ1) is 16.9. The Morgan fingerprint density at radius 2 is 1.64 bits per heavy atom. The highest BCUT2D eigenvalue weighted by atomic mass is 16.1. The molecule has 0 aliphatic heterocycles. The number of anilines is 2. The van der Waals surface area contributed by atoms with Gasteiger partial charge in [0.1, 0.15) is 0 Å². The molecule has 4 saturated carbocycles. The second-order valence-corrected chi connectivity index (χ2v) is 8.62. The summed E-state index contributed by atoms with van der Waals surface area (Å²) in [5, 5.41) is 10.1. The van der Waals surface area contributed by atoms with Crippen LogP contribution in [0.25, 0.3) is 0 Å². The molecule has 1 aromatic carbocycles. The molecule has 3 N–H and O–H groups in total. The first-order chi connectivity index (χ1) is 12.2. The van der Waals surface area contributed by atoms with Crippen LogP contribution in [0.5, 0.6) is 0 Å². The predicted molar refractivity (Wildman–Crippen MR) is 103 cm³/mol. The fraction of sp³-hybridized carbons (Fsp3) is 0.667. The summed E-state index contributed by atoms with van der Waals surface area (Å²) in [6.45, 7) is 0.876. The molecule has 4 aliphatic rings. The fourth-order valence-electron chi connectivity index (χ4n) is 5.89. The zero-order valence-corrected chi connectivity index (χ0v) is 15.3. The van der Waals surface area contributed by atoms with Crippen LogP contribution in [-0.2, 0) is 4.79 Å². The van der Waals surface area contributed by atoms with E-state index in [2.05, 4.69) is 28.1 Å². The Hall–Kier alpha value is -1.55. The minimum atomic E-state index is 0.106. The maximum absolute atomic E-state index is 12.2. The molecular formula is C21H31N3O. The Bertz CT molecular complexity index is 592. The van der Waals surface area contributed by atoms with Gasteiger partial charge in [-0.25, -0.2) is 0 Å². The minimum Gasteiger partial charge on any atom is -0.378 e. The second-order valence-electron chi connectivity index (χ2n) is 8.62. The van der Waals surface area contributed by atoms with E-state index < -0.39 is 0 Å². The van der Waals surface area contributed by atoms with Crippen molar-refractivity contribution in [1.29, 1.82) is 0 Å². The first-order valence-electron chi connectivity index (χ1n) is 9.97. The van der Waals surface area contributed by atoms with Crippen molar-refractivity contribution in [3.8, 4) is 0 Å². The molecule has 1 amide bonds. The number of benzene rings is 1. The van der Waals surface area contributed by atoms with Crippen LogP contribution in [0.2, 0.25) is 0 Å². The summed E-state index contributed by atoms with van der Waals surface area (Å²) >= 11 is 0. The van der Waals surface area contributed by atoms with Crippen molar-refractivity contribution in [3.63, 3.8) is 0 Å². The molecule has 0 unspecified atom stereocenters. The maximum Gasteiger partial charge on any atom is 0.224 e. The topological polar surface area (TPSA) is 53.2 Å². The third-order valence-electron chi connectivity index (χ3n) is 6.47. The zero-order valence-electron chi connectivity index (χ0n) is 15.3. The van der Waals surface area contributed by atoms with Gasteiger partial charge in [-0.05, 0) is 88.4 Å². The summed E-state index contributed by atoms with van der Waals surface area (Å²) in [5.41, 5.74) is 2.31. The van der Waals surface area contributed by atoms with Crippen LogP contribution in [0.4, 0.5) is 11.4 Å². The Morgan fingerprint density at radius 3 is 2.24 bits per heavy atom. The third-order valence-corrected chi connectivity index (χ3v) is 6.47. The maximum atomic E-state index is 12.2. The number of carbonyl (C=O) groups excluding carboxylic acids is 1. The molecule has 0 heterocycles. The van der Waals surface area contributed by atoms with Crippen LogP contribution in [0.3, 0.4) is 0 Å². The van der Waals surface area contributed by atoms with Crippen LogP contribution in [0, 0.1) is 17.8 Å². The van der Waals surface area contributed by atoms with E-state index in [0.717, 1.165) is 42.1 Å². The van der Waals surface area contributed by atoms with Gasteiger partial charge in [-0.15, -0.1) is 0 Å². The lowest BCUT2D eigenvalue weighted by molar-refractivity contribution is -0.116. The molecule has 4 aliphatic carbocycles. The zero-order chi connectivity index (χ0) is 17.3. The molecule has 0 spiro atoms. The van der Waals surface area contributed by atoms with Gasteiger partial charge < -0.3 is 16.0 Å². The molecule has 0 saturated heterocycles. The molecule has 4 bridgehead atoms. The quantitative estimate of drug-likeness (QED) is 0.657. The van der Waals surface area contributed by atoms with Crippen molar-refractivity contribution in [2.24, 2.45) is 17.8 Å². The van der Waals surface area contributed by atoms with Gasteiger partial charge in [-0.1, -0.05) is 12.1 Å². The van der Waals surface area contributed by atoms with Crippen LogP contribution < -0.4 is 16.0 Å². The summed E-state index contributed by atoms with van der Waals surface area (Å²) in [7, 11) is 1.92. The predicted octanol–water partition coefficient (Wildman–Crippen LogP) is 4.01. The SMILES string of the molecule is CNCCCC(=O)Nc1ccccc1NC12CC3CC(CC(C3)C1)C2. The molecule has 0 atom stereocenters. The number of carbonyl (C=O) groups is 1. The van der Waals surface area contributed by atoms with Gasteiger partial charge in [0.05, 0.1) is 11.4 Å². The Balaban J connectivity index is 1.45. The van der Waals surface area contributed by atoms with Gasteiger partial charge in [0.25, 0.3) is 0 Å². The van der Waals surface area contributed by atoms with Gasteiger partial charge in [-0.2, -0.15) is 0 Å². The van der Waals surface area contributed by atoms with Crippen molar-refractivity contribution in [2.45, 2.75) is 56.9 Å². The number of hydrogen-bond donors (Lipinski definition) is 3. The number of rotatable bonds is 7. The van der Waals surface area contributed by atoms with E-state index >= 15 is 0 Å². The van der Waals surface area contributed by atoms with Gasteiger partial charge in [0, 0.05) is 12.0 Å². The van der Waals surface area contributed by atoms with E-state index in [4.69, 9.17) is 0 Å². The van der Waals surface area contributed by atoms with Crippen molar-refractivity contribution < 1.29 is 4.79 Å².